The number of hydrogen-bond donors (Lipinski definition) is 1. The van der Waals surface area contributed by atoms with Gasteiger partial charge in [0.2, 0.25) is 0 Å². The molecule has 1 aliphatic carbocycles. The van der Waals surface area contributed by atoms with Crippen LogP contribution in [0.2, 0.25) is 0 Å². The van der Waals surface area contributed by atoms with E-state index in [9.17, 15) is 9.59 Å². The average Bonchev–Trinajstić information content (AvgIpc) is 2.30. The molecule has 1 saturated carbocycles. The average molecular weight is 213 g/mol. The molecule has 0 saturated heterocycles. The molecule has 1 atom stereocenters. The van der Waals surface area contributed by atoms with Crippen molar-refractivity contribution in [2.24, 2.45) is 17.6 Å². The molecule has 0 radical (unpaired) electrons. The van der Waals surface area contributed by atoms with E-state index >= 15 is 0 Å². The van der Waals surface area contributed by atoms with Crippen molar-refractivity contribution >= 4 is 11.8 Å². The molecule has 1 fully saturated rings. The minimum atomic E-state index is -0.625. The summed E-state index contributed by atoms with van der Waals surface area (Å²) in [4.78, 5) is 23.1. The van der Waals surface area contributed by atoms with E-state index in [0.717, 1.165) is 25.7 Å². The molecule has 0 heterocycles. The van der Waals surface area contributed by atoms with Crippen molar-refractivity contribution in [3.63, 3.8) is 0 Å². The molecular formula is C11H19NO3. The highest BCUT2D eigenvalue weighted by Crippen LogP contribution is 2.31. The lowest BCUT2D eigenvalue weighted by atomic mass is 9.78. The van der Waals surface area contributed by atoms with Crippen molar-refractivity contribution in [1.29, 1.82) is 0 Å². The lowest BCUT2D eigenvalue weighted by Crippen LogP contribution is -2.37. The summed E-state index contributed by atoms with van der Waals surface area (Å²) >= 11 is 0. The Kier molecular flexibility index (Phi) is 4.75. The van der Waals surface area contributed by atoms with E-state index in [-0.39, 0.29) is 18.2 Å². The van der Waals surface area contributed by atoms with Crippen molar-refractivity contribution in [1.82, 2.24) is 0 Å². The topological polar surface area (TPSA) is 69.4 Å². The highest BCUT2D eigenvalue weighted by Gasteiger charge is 2.35. The molecular weight excluding hydrogens is 194 g/mol. The minimum absolute atomic E-state index is 0.0731. The van der Waals surface area contributed by atoms with Crippen molar-refractivity contribution in [3.05, 3.63) is 0 Å². The Hall–Kier alpha value is -0.900. The molecule has 1 unspecified atom stereocenters. The second-order valence-electron chi connectivity index (χ2n) is 4.07. The molecule has 1 aliphatic rings. The van der Waals surface area contributed by atoms with E-state index < -0.39 is 11.9 Å². The van der Waals surface area contributed by atoms with Crippen LogP contribution in [0.5, 0.6) is 0 Å². The third-order valence-corrected chi connectivity index (χ3v) is 3.12. The maximum Gasteiger partial charge on any atom is 0.316 e. The first-order valence-electron chi connectivity index (χ1n) is 5.51. The van der Waals surface area contributed by atoms with Gasteiger partial charge in [0.25, 0.3) is 0 Å². The van der Waals surface area contributed by atoms with Gasteiger partial charge in [-0.1, -0.05) is 19.3 Å². The Labute approximate surface area is 90.2 Å². The van der Waals surface area contributed by atoms with Gasteiger partial charge in [0.05, 0.1) is 13.7 Å². The minimum Gasteiger partial charge on any atom is -0.468 e. The van der Waals surface area contributed by atoms with E-state index in [0.29, 0.717) is 0 Å². The van der Waals surface area contributed by atoms with E-state index in [2.05, 4.69) is 4.74 Å². The van der Waals surface area contributed by atoms with Crippen LogP contribution < -0.4 is 5.73 Å². The first kappa shape index (κ1) is 12.2. The molecule has 0 aromatic heterocycles. The third kappa shape index (κ3) is 3.02. The molecule has 0 bridgehead atoms. The predicted molar refractivity (Wildman–Crippen MR) is 56.1 cm³/mol. The number of carbonyl (C=O) groups is 2. The molecule has 0 spiro atoms. The molecule has 0 amide bonds. The summed E-state index contributed by atoms with van der Waals surface area (Å²) in [6.45, 7) is -0.0731. The number of carbonyl (C=O) groups excluding carboxylic acids is 2. The highest BCUT2D eigenvalue weighted by molar-refractivity contribution is 6.00. The monoisotopic (exact) mass is 213 g/mol. The summed E-state index contributed by atoms with van der Waals surface area (Å²) in [5, 5.41) is 0. The summed E-state index contributed by atoms with van der Waals surface area (Å²) in [6, 6.07) is 0. The number of hydrogen-bond acceptors (Lipinski definition) is 4. The van der Waals surface area contributed by atoms with Gasteiger partial charge in [0.15, 0.2) is 5.78 Å². The largest absolute Gasteiger partial charge is 0.468 e. The predicted octanol–water partition coefficient (Wildman–Crippen LogP) is 0.884. The maximum atomic E-state index is 11.6. The summed E-state index contributed by atoms with van der Waals surface area (Å²) in [5.41, 5.74) is 5.31. The Morgan fingerprint density at radius 1 is 1.33 bits per heavy atom. The van der Waals surface area contributed by atoms with Gasteiger partial charge in [-0.3, -0.25) is 9.59 Å². The highest BCUT2D eigenvalue weighted by atomic mass is 16.5. The number of Topliss-reactive ketones (excluding diaryl/α,β-unsaturated/α-hetero) is 1. The number of ether oxygens (including phenoxy) is 1. The van der Waals surface area contributed by atoms with Crippen molar-refractivity contribution in [2.45, 2.75) is 32.1 Å². The van der Waals surface area contributed by atoms with Gasteiger partial charge in [-0.05, 0) is 18.8 Å². The van der Waals surface area contributed by atoms with Crippen LogP contribution in [0, 0.1) is 11.8 Å². The number of nitrogens with two attached hydrogens (primary N) is 1. The van der Waals surface area contributed by atoms with Crippen LogP contribution in [0.15, 0.2) is 0 Å². The number of methoxy groups -OCH3 is 1. The van der Waals surface area contributed by atoms with E-state index in [1.807, 2.05) is 0 Å². The smallest absolute Gasteiger partial charge is 0.316 e. The lowest BCUT2D eigenvalue weighted by Gasteiger charge is -2.27. The second-order valence-corrected chi connectivity index (χ2v) is 4.07. The zero-order chi connectivity index (χ0) is 11.3. The van der Waals surface area contributed by atoms with Crippen LogP contribution in [-0.2, 0) is 14.3 Å². The van der Waals surface area contributed by atoms with Crippen LogP contribution in [0.25, 0.3) is 0 Å². The molecule has 4 nitrogen and oxygen atoms in total. The summed E-state index contributed by atoms with van der Waals surface area (Å²) in [6.07, 6.45) is 5.25. The van der Waals surface area contributed by atoms with Crippen LogP contribution in [0.4, 0.5) is 0 Å². The van der Waals surface area contributed by atoms with Gasteiger partial charge in [-0.15, -0.1) is 0 Å². The Bertz CT molecular complexity index is 218. The first-order chi connectivity index (χ1) is 7.20. The number of rotatable bonds is 4. The molecule has 15 heavy (non-hydrogen) atoms. The fourth-order valence-corrected chi connectivity index (χ4v) is 2.31. The molecule has 4 heteroatoms. The molecule has 1 rings (SSSR count). The molecule has 0 aromatic rings. The van der Waals surface area contributed by atoms with Crippen LogP contribution >= 0.6 is 0 Å². The van der Waals surface area contributed by atoms with Crippen molar-refractivity contribution in [2.75, 3.05) is 13.7 Å². The molecule has 0 aromatic carbocycles. The molecule has 86 valence electrons. The number of esters is 1. The first-order valence-corrected chi connectivity index (χ1v) is 5.51. The maximum absolute atomic E-state index is 11.6. The molecule has 2 N–H and O–H groups in total. The van der Waals surface area contributed by atoms with Crippen LogP contribution in [0.3, 0.4) is 0 Å². The van der Waals surface area contributed by atoms with Gasteiger partial charge in [0, 0.05) is 0 Å². The summed E-state index contributed by atoms with van der Waals surface area (Å²) < 4.78 is 4.67. The second kappa shape index (κ2) is 5.85. The van der Waals surface area contributed by atoms with Crippen molar-refractivity contribution in [3.8, 4) is 0 Å². The fraction of sp³-hybridized carbons (Fsp3) is 0.818. The standard InChI is InChI=1S/C11H19NO3/c1-15-11(14)10(9(13)7-12)8-5-3-2-4-6-8/h8,10H,2-7,12H2,1H3. The fourth-order valence-electron chi connectivity index (χ4n) is 2.31. The van der Waals surface area contributed by atoms with E-state index in [1.54, 1.807) is 0 Å². The van der Waals surface area contributed by atoms with Gasteiger partial charge in [-0.25, -0.2) is 0 Å². The normalized spacial score (nSPS) is 19.6. The zero-order valence-electron chi connectivity index (χ0n) is 9.20. The Morgan fingerprint density at radius 3 is 2.40 bits per heavy atom. The van der Waals surface area contributed by atoms with Crippen LogP contribution in [-0.4, -0.2) is 25.4 Å². The number of ketones is 1. The van der Waals surface area contributed by atoms with Crippen molar-refractivity contribution < 1.29 is 14.3 Å². The van der Waals surface area contributed by atoms with Crippen LogP contribution in [0.1, 0.15) is 32.1 Å². The van der Waals surface area contributed by atoms with Gasteiger partial charge in [-0.2, -0.15) is 0 Å². The van der Waals surface area contributed by atoms with Gasteiger partial charge < -0.3 is 10.5 Å². The SMILES string of the molecule is COC(=O)C(C(=O)CN)C1CCCCC1. The Balaban J connectivity index is 2.69. The van der Waals surface area contributed by atoms with E-state index in [4.69, 9.17) is 5.73 Å². The van der Waals surface area contributed by atoms with Gasteiger partial charge in [0.1, 0.15) is 5.92 Å². The van der Waals surface area contributed by atoms with Gasteiger partial charge >= 0.3 is 5.97 Å². The quantitative estimate of drug-likeness (QED) is 0.556. The zero-order valence-corrected chi connectivity index (χ0v) is 9.20. The lowest BCUT2D eigenvalue weighted by molar-refractivity contribution is -0.152. The van der Waals surface area contributed by atoms with E-state index in [1.165, 1.54) is 13.5 Å². The molecule has 0 aliphatic heterocycles. The Morgan fingerprint density at radius 2 is 1.93 bits per heavy atom. The third-order valence-electron chi connectivity index (χ3n) is 3.12. The summed E-state index contributed by atoms with van der Waals surface area (Å²) in [5.74, 6) is -1.09. The summed E-state index contributed by atoms with van der Waals surface area (Å²) in [7, 11) is 1.32.